The third kappa shape index (κ3) is 5.02. The van der Waals surface area contributed by atoms with Crippen LogP contribution < -0.4 is 10.6 Å². The molecule has 0 fully saturated rings. The second-order valence-corrected chi connectivity index (χ2v) is 8.66. The lowest BCUT2D eigenvalue weighted by Gasteiger charge is -2.29. The van der Waals surface area contributed by atoms with Crippen molar-refractivity contribution in [2.75, 3.05) is 11.1 Å². The highest BCUT2D eigenvalue weighted by molar-refractivity contribution is 9.10. The Kier molecular flexibility index (Phi) is 7.14. The van der Waals surface area contributed by atoms with E-state index in [9.17, 15) is 14.9 Å². The van der Waals surface area contributed by atoms with Gasteiger partial charge in [0.05, 0.1) is 28.3 Å². The number of benzene rings is 2. The maximum atomic E-state index is 12.4. The van der Waals surface area contributed by atoms with Crippen LogP contribution >= 0.6 is 27.7 Å². The van der Waals surface area contributed by atoms with Crippen molar-refractivity contribution in [3.63, 3.8) is 0 Å². The molecule has 2 aromatic rings. The summed E-state index contributed by atoms with van der Waals surface area (Å²) in [5.41, 5.74) is 3.29. The van der Waals surface area contributed by atoms with E-state index in [2.05, 4.69) is 32.6 Å². The average Bonchev–Trinajstić information content (AvgIpc) is 2.73. The molecule has 0 spiro atoms. The van der Waals surface area contributed by atoms with Gasteiger partial charge in [-0.2, -0.15) is 5.26 Å². The zero-order chi connectivity index (χ0) is 21.7. The zero-order valence-electron chi connectivity index (χ0n) is 16.5. The number of ketones is 1. The minimum absolute atomic E-state index is 0.0846. The summed E-state index contributed by atoms with van der Waals surface area (Å²) in [6.07, 6.45) is 0. The second-order valence-electron chi connectivity index (χ2n) is 6.76. The van der Waals surface area contributed by atoms with Crippen molar-refractivity contribution in [1.82, 2.24) is 5.32 Å². The highest BCUT2D eigenvalue weighted by atomic mass is 79.9. The van der Waals surface area contributed by atoms with Gasteiger partial charge in [0.2, 0.25) is 5.91 Å². The van der Waals surface area contributed by atoms with Crippen LogP contribution in [0.4, 0.5) is 5.69 Å². The Bertz CT molecular complexity index is 1070. The second kappa shape index (κ2) is 9.79. The van der Waals surface area contributed by atoms with Gasteiger partial charge in [-0.3, -0.25) is 9.59 Å². The lowest BCUT2D eigenvalue weighted by atomic mass is 9.81. The molecule has 2 N–H and O–H groups in total. The summed E-state index contributed by atoms with van der Waals surface area (Å²) >= 11 is 4.62. The summed E-state index contributed by atoms with van der Waals surface area (Å²) in [6.45, 7) is 3.33. The summed E-state index contributed by atoms with van der Waals surface area (Å²) in [5.74, 6) is -0.580. The lowest BCUT2D eigenvalue weighted by molar-refractivity contribution is -0.114. The summed E-state index contributed by atoms with van der Waals surface area (Å²) in [5, 5.41) is 16.5. The topological polar surface area (TPSA) is 82.0 Å². The number of allylic oxidation sites excluding steroid dienone is 3. The number of rotatable bonds is 6. The van der Waals surface area contributed by atoms with Gasteiger partial charge in [0.1, 0.15) is 0 Å². The molecular weight excluding hydrogens is 462 g/mol. The first kappa shape index (κ1) is 21.9. The fourth-order valence-electron chi connectivity index (χ4n) is 3.34. The molecule has 152 valence electrons. The smallest absolute Gasteiger partial charge is 0.234 e. The number of hydrogen-bond donors (Lipinski definition) is 2. The van der Waals surface area contributed by atoms with Gasteiger partial charge in [0, 0.05) is 21.4 Å². The number of nitrogens with zero attached hydrogens (tertiary/aromatic N) is 1. The van der Waals surface area contributed by atoms with Crippen molar-refractivity contribution < 1.29 is 9.59 Å². The molecule has 5 nitrogen and oxygen atoms in total. The van der Waals surface area contributed by atoms with E-state index in [0.29, 0.717) is 27.6 Å². The number of Topliss-reactive ketones (excluding diaryl/α,β-unsaturated/α-hetero) is 1. The Hall–Kier alpha value is -2.82. The normalized spacial score (nSPS) is 16.0. The highest BCUT2D eigenvalue weighted by Gasteiger charge is 2.33. The van der Waals surface area contributed by atoms with Crippen LogP contribution in [0, 0.1) is 11.3 Å². The van der Waals surface area contributed by atoms with Gasteiger partial charge in [-0.15, -0.1) is 0 Å². The minimum Gasteiger partial charge on any atom is -0.353 e. The molecule has 0 aliphatic carbocycles. The average molecular weight is 482 g/mol. The van der Waals surface area contributed by atoms with Crippen LogP contribution in [0.25, 0.3) is 0 Å². The van der Waals surface area contributed by atoms with Crippen molar-refractivity contribution in [3.8, 4) is 6.07 Å². The van der Waals surface area contributed by atoms with Crippen LogP contribution in [0.5, 0.6) is 0 Å². The minimum atomic E-state index is -0.452. The maximum absolute atomic E-state index is 12.4. The Morgan fingerprint density at radius 2 is 1.83 bits per heavy atom. The van der Waals surface area contributed by atoms with Crippen molar-refractivity contribution in [1.29, 1.82) is 5.26 Å². The van der Waals surface area contributed by atoms with Gasteiger partial charge in [-0.25, -0.2) is 0 Å². The number of hydrogen-bond acceptors (Lipinski definition) is 5. The molecule has 0 unspecified atom stereocenters. The largest absolute Gasteiger partial charge is 0.353 e. The third-order valence-electron chi connectivity index (χ3n) is 4.64. The van der Waals surface area contributed by atoms with Crippen LogP contribution in [-0.4, -0.2) is 17.4 Å². The zero-order valence-corrected chi connectivity index (χ0v) is 18.9. The Morgan fingerprint density at radius 3 is 2.43 bits per heavy atom. The molecule has 1 aliphatic heterocycles. The number of nitriles is 1. The van der Waals surface area contributed by atoms with Crippen LogP contribution in [0.1, 0.15) is 25.3 Å². The molecule has 2 aromatic carbocycles. The number of thioether (sulfide) groups is 1. The predicted molar refractivity (Wildman–Crippen MR) is 124 cm³/mol. The van der Waals surface area contributed by atoms with Crippen LogP contribution in [0.15, 0.2) is 80.9 Å². The van der Waals surface area contributed by atoms with Crippen LogP contribution in [-0.2, 0) is 9.59 Å². The molecule has 7 heteroatoms. The van der Waals surface area contributed by atoms with E-state index in [0.717, 1.165) is 10.0 Å². The number of anilines is 1. The molecule has 0 saturated heterocycles. The molecule has 1 amide bonds. The third-order valence-corrected chi connectivity index (χ3v) is 6.18. The maximum Gasteiger partial charge on any atom is 0.234 e. The van der Waals surface area contributed by atoms with E-state index in [1.165, 1.54) is 18.7 Å². The van der Waals surface area contributed by atoms with Crippen molar-refractivity contribution in [3.05, 3.63) is 86.5 Å². The predicted octanol–water partition coefficient (Wildman–Crippen LogP) is 5.11. The number of carbonyl (C=O) groups is 2. The molecule has 1 heterocycles. The van der Waals surface area contributed by atoms with Gasteiger partial charge in [-0.1, -0.05) is 58.0 Å². The number of halogens is 1. The van der Waals surface area contributed by atoms with Crippen LogP contribution in [0.3, 0.4) is 0 Å². The van der Waals surface area contributed by atoms with Gasteiger partial charge < -0.3 is 10.6 Å². The summed E-state index contributed by atoms with van der Waals surface area (Å²) < 4.78 is 0.931. The van der Waals surface area contributed by atoms with Crippen molar-refractivity contribution in [2.24, 2.45) is 0 Å². The number of carbonyl (C=O) groups excluding carboxylic acids is 2. The van der Waals surface area contributed by atoms with E-state index in [-0.39, 0.29) is 17.4 Å². The van der Waals surface area contributed by atoms with Gasteiger partial charge in [0.15, 0.2) is 5.78 Å². The molecule has 30 heavy (non-hydrogen) atoms. The van der Waals surface area contributed by atoms with E-state index in [1.54, 1.807) is 0 Å². The fourth-order valence-corrected chi connectivity index (χ4v) is 4.50. The Labute approximate surface area is 188 Å². The molecule has 0 radical (unpaired) electrons. The van der Waals surface area contributed by atoms with E-state index in [1.807, 2.05) is 61.5 Å². The number of amides is 1. The molecular formula is C23H20BrN3O2S. The first-order chi connectivity index (χ1) is 14.4. The van der Waals surface area contributed by atoms with Crippen molar-refractivity contribution in [2.45, 2.75) is 19.8 Å². The Balaban J connectivity index is 1.84. The van der Waals surface area contributed by atoms with E-state index >= 15 is 0 Å². The van der Waals surface area contributed by atoms with Gasteiger partial charge in [-0.05, 0) is 43.7 Å². The molecule has 1 aliphatic rings. The molecule has 0 saturated carbocycles. The number of dihydropyridines is 1. The Morgan fingerprint density at radius 1 is 1.17 bits per heavy atom. The van der Waals surface area contributed by atoms with Gasteiger partial charge in [0.25, 0.3) is 0 Å². The summed E-state index contributed by atoms with van der Waals surface area (Å²) in [6, 6.07) is 19.1. The molecule has 0 bridgehead atoms. The van der Waals surface area contributed by atoms with E-state index < -0.39 is 5.92 Å². The first-order valence-electron chi connectivity index (χ1n) is 9.27. The van der Waals surface area contributed by atoms with Crippen molar-refractivity contribution >= 4 is 45.1 Å². The standard InChI is InChI=1S/C23H20BrN3O2S/c1-14-21(15(2)28)22(16-6-4-3-5-7-16)19(12-25)23(26-14)30-13-20(29)27-18-10-8-17(24)9-11-18/h3-11,22,26H,13H2,1-2H3,(H,27,29)/t22-/m1/s1. The SMILES string of the molecule is CC(=O)C1=C(C)NC(SCC(=O)Nc2ccc(Br)cc2)=C(C#N)[C@H]1c1ccccc1. The molecule has 1 atom stereocenters. The van der Waals surface area contributed by atoms with Crippen LogP contribution in [0.2, 0.25) is 0 Å². The van der Waals surface area contributed by atoms with Gasteiger partial charge >= 0.3 is 0 Å². The van der Waals surface area contributed by atoms with E-state index in [4.69, 9.17) is 0 Å². The highest BCUT2D eigenvalue weighted by Crippen LogP contribution is 2.40. The first-order valence-corrected chi connectivity index (χ1v) is 11.0. The lowest BCUT2D eigenvalue weighted by Crippen LogP contribution is -2.27. The fraction of sp³-hybridized carbons (Fsp3) is 0.174. The summed E-state index contributed by atoms with van der Waals surface area (Å²) in [7, 11) is 0. The quantitative estimate of drug-likeness (QED) is 0.599. The molecule has 3 rings (SSSR count). The summed E-state index contributed by atoms with van der Waals surface area (Å²) in [4.78, 5) is 24.7. The monoisotopic (exact) mass is 481 g/mol. The molecule has 0 aromatic heterocycles. The number of nitrogens with one attached hydrogen (secondary N) is 2.